The molecule has 8 heteroatoms. The molecule has 2 aromatic rings. The summed E-state index contributed by atoms with van der Waals surface area (Å²) in [5, 5.41) is 8.88. The summed E-state index contributed by atoms with van der Waals surface area (Å²) in [7, 11) is 0. The second kappa shape index (κ2) is 6.82. The molecule has 0 radical (unpaired) electrons. The summed E-state index contributed by atoms with van der Waals surface area (Å²) in [4.78, 5) is 12.3. The lowest BCUT2D eigenvalue weighted by atomic mass is 10.2. The van der Waals surface area contributed by atoms with Crippen LogP contribution in [0.15, 0.2) is 23.4 Å². The summed E-state index contributed by atoms with van der Waals surface area (Å²) < 4.78 is 6.88. The van der Waals surface area contributed by atoms with Crippen molar-refractivity contribution >= 4 is 29.3 Å². The topological polar surface area (TPSA) is 69.0 Å². The molecule has 2 rings (SSSR count). The summed E-state index contributed by atoms with van der Waals surface area (Å²) in [6.07, 6.45) is 1.86. The van der Waals surface area contributed by atoms with Crippen LogP contribution in [0.3, 0.4) is 0 Å². The molecule has 1 N–H and O–H groups in total. The number of nitrogens with zero attached hydrogens (tertiary/aromatic N) is 3. The fraction of sp³-hybridized carbons (Fsp3) is 0.308. The molecular formula is C13H15ClN4O2S. The highest BCUT2D eigenvalue weighted by molar-refractivity contribution is 7.98. The number of aromatic nitrogens is 3. The first kappa shape index (κ1) is 15.7. The lowest BCUT2D eigenvalue weighted by Gasteiger charge is -2.10. The van der Waals surface area contributed by atoms with Crippen molar-refractivity contribution in [2.45, 2.75) is 19.0 Å². The molecule has 0 saturated carbocycles. The number of aryl methyl sites for hydroxylation is 1. The van der Waals surface area contributed by atoms with E-state index >= 15 is 0 Å². The Balaban J connectivity index is 2.20. The van der Waals surface area contributed by atoms with Crippen LogP contribution >= 0.6 is 23.4 Å². The summed E-state index contributed by atoms with van der Waals surface area (Å²) in [5.41, 5.74) is 3.17. The van der Waals surface area contributed by atoms with Crippen molar-refractivity contribution in [2.75, 3.05) is 18.3 Å². The number of thioether (sulfide) groups is 1. The number of carbonyl (C=O) groups is 1. The summed E-state index contributed by atoms with van der Waals surface area (Å²) in [6.45, 7) is 4.15. The molecular weight excluding hydrogens is 312 g/mol. The van der Waals surface area contributed by atoms with Gasteiger partial charge in [0.15, 0.2) is 0 Å². The fourth-order valence-electron chi connectivity index (χ4n) is 1.68. The molecule has 1 aromatic carbocycles. The van der Waals surface area contributed by atoms with Gasteiger partial charge >= 0.3 is 0 Å². The molecule has 0 aliphatic heterocycles. The zero-order valence-electron chi connectivity index (χ0n) is 11.9. The largest absolute Gasteiger partial charge is 0.492 e. The molecule has 1 aromatic heterocycles. The van der Waals surface area contributed by atoms with Crippen LogP contribution < -0.4 is 10.2 Å². The average Bonchev–Trinajstić information content (AvgIpc) is 2.82. The number of hydrogen-bond acceptors (Lipinski definition) is 5. The van der Waals surface area contributed by atoms with E-state index < -0.39 is 0 Å². The lowest BCUT2D eigenvalue weighted by molar-refractivity contribution is 0.100. The van der Waals surface area contributed by atoms with E-state index in [1.807, 2.05) is 13.2 Å². The smallest absolute Gasteiger partial charge is 0.270 e. The Bertz CT molecular complexity index is 660. The lowest BCUT2D eigenvalue weighted by Crippen LogP contribution is -2.24. The quantitative estimate of drug-likeness (QED) is 0.856. The third-order valence-electron chi connectivity index (χ3n) is 2.68. The molecule has 21 heavy (non-hydrogen) atoms. The Morgan fingerprint density at radius 3 is 2.86 bits per heavy atom. The number of carbonyl (C=O) groups excluding carboxylic acids is 1. The van der Waals surface area contributed by atoms with Gasteiger partial charge in [-0.15, -0.1) is 10.2 Å². The van der Waals surface area contributed by atoms with E-state index in [9.17, 15) is 4.79 Å². The molecule has 0 fully saturated rings. The van der Waals surface area contributed by atoms with Gasteiger partial charge in [-0.2, -0.15) is 0 Å². The first-order valence-corrected chi connectivity index (χ1v) is 7.86. The van der Waals surface area contributed by atoms with Crippen molar-refractivity contribution in [3.8, 4) is 5.75 Å². The van der Waals surface area contributed by atoms with Crippen LogP contribution in [0.2, 0.25) is 5.02 Å². The highest BCUT2D eigenvalue weighted by Gasteiger charge is 2.14. The van der Waals surface area contributed by atoms with Crippen LogP contribution in [-0.4, -0.2) is 33.6 Å². The molecule has 1 heterocycles. The summed E-state index contributed by atoms with van der Waals surface area (Å²) >= 11 is 7.48. The zero-order valence-corrected chi connectivity index (χ0v) is 13.5. The molecule has 0 bridgehead atoms. The van der Waals surface area contributed by atoms with Crippen molar-refractivity contribution < 1.29 is 9.53 Å². The molecule has 0 spiro atoms. The third kappa shape index (κ3) is 3.48. The van der Waals surface area contributed by atoms with Crippen LogP contribution in [0.1, 0.15) is 23.1 Å². The van der Waals surface area contributed by atoms with E-state index in [2.05, 4.69) is 15.6 Å². The standard InChI is InChI=1S/C13H15ClN4O2S/c1-4-20-11-6-5-9(7-10(11)14)12(19)17-18-8(2)15-16-13(18)21-3/h5-7H,4H2,1-3H3,(H,17,19). The van der Waals surface area contributed by atoms with E-state index in [1.54, 1.807) is 25.1 Å². The highest BCUT2D eigenvalue weighted by atomic mass is 35.5. The van der Waals surface area contributed by atoms with Gasteiger partial charge in [-0.05, 0) is 38.3 Å². The van der Waals surface area contributed by atoms with Gasteiger partial charge in [-0.1, -0.05) is 23.4 Å². The third-order valence-corrected chi connectivity index (χ3v) is 3.61. The second-order valence-electron chi connectivity index (χ2n) is 4.09. The van der Waals surface area contributed by atoms with Crippen LogP contribution in [0.5, 0.6) is 5.75 Å². The van der Waals surface area contributed by atoms with Gasteiger partial charge < -0.3 is 4.74 Å². The molecule has 0 saturated heterocycles. The number of rotatable bonds is 5. The molecule has 112 valence electrons. The normalized spacial score (nSPS) is 10.5. The van der Waals surface area contributed by atoms with Crippen LogP contribution in [0.4, 0.5) is 0 Å². The average molecular weight is 327 g/mol. The van der Waals surface area contributed by atoms with E-state index in [0.717, 1.165) is 0 Å². The van der Waals surface area contributed by atoms with Gasteiger partial charge in [0.25, 0.3) is 5.91 Å². The predicted octanol–water partition coefficient (Wildman–Crippen LogP) is 2.74. The second-order valence-corrected chi connectivity index (χ2v) is 5.27. The zero-order chi connectivity index (χ0) is 15.4. The maximum atomic E-state index is 12.3. The highest BCUT2D eigenvalue weighted by Crippen LogP contribution is 2.25. The van der Waals surface area contributed by atoms with E-state index in [1.165, 1.54) is 16.4 Å². The number of hydrogen-bond donors (Lipinski definition) is 1. The first-order chi connectivity index (χ1) is 10.1. The van der Waals surface area contributed by atoms with Gasteiger partial charge in [-0.3, -0.25) is 10.2 Å². The predicted molar refractivity (Wildman–Crippen MR) is 82.9 cm³/mol. The summed E-state index contributed by atoms with van der Waals surface area (Å²) in [6, 6.07) is 4.90. The van der Waals surface area contributed by atoms with Gasteiger partial charge in [0, 0.05) is 5.56 Å². The van der Waals surface area contributed by atoms with Crippen molar-refractivity contribution in [1.29, 1.82) is 0 Å². The Morgan fingerprint density at radius 2 is 2.24 bits per heavy atom. The minimum atomic E-state index is -0.293. The Labute approximate surface area is 131 Å². The van der Waals surface area contributed by atoms with Crippen LogP contribution in [0.25, 0.3) is 0 Å². The molecule has 0 unspecified atom stereocenters. The Kier molecular flexibility index (Phi) is 5.08. The van der Waals surface area contributed by atoms with Crippen molar-refractivity contribution in [3.63, 3.8) is 0 Å². The monoisotopic (exact) mass is 326 g/mol. The summed E-state index contributed by atoms with van der Waals surface area (Å²) in [5.74, 6) is 0.865. The number of ether oxygens (including phenoxy) is 1. The Morgan fingerprint density at radius 1 is 1.48 bits per heavy atom. The minimum absolute atomic E-state index is 0.293. The van der Waals surface area contributed by atoms with E-state index in [0.29, 0.717) is 33.9 Å². The van der Waals surface area contributed by atoms with Crippen LogP contribution in [0, 0.1) is 6.92 Å². The first-order valence-electron chi connectivity index (χ1n) is 6.26. The van der Waals surface area contributed by atoms with Gasteiger partial charge in [-0.25, -0.2) is 4.68 Å². The Hall–Kier alpha value is -1.73. The van der Waals surface area contributed by atoms with Gasteiger partial charge in [0.1, 0.15) is 11.6 Å². The van der Waals surface area contributed by atoms with Crippen molar-refractivity contribution in [3.05, 3.63) is 34.6 Å². The van der Waals surface area contributed by atoms with E-state index in [-0.39, 0.29) is 5.91 Å². The van der Waals surface area contributed by atoms with E-state index in [4.69, 9.17) is 16.3 Å². The SMILES string of the molecule is CCOc1ccc(C(=O)Nn2c(C)nnc2SC)cc1Cl. The molecule has 1 amide bonds. The maximum Gasteiger partial charge on any atom is 0.270 e. The number of nitrogens with one attached hydrogen (secondary N) is 1. The molecule has 0 aliphatic rings. The molecule has 0 aliphatic carbocycles. The van der Waals surface area contributed by atoms with Crippen LogP contribution in [-0.2, 0) is 0 Å². The van der Waals surface area contributed by atoms with Crippen molar-refractivity contribution in [2.24, 2.45) is 0 Å². The number of amides is 1. The minimum Gasteiger partial charge on any atom is -0.492 e. The molecule has 0 atom stereocenters. The molecule has 6 nitrogen and oxygen atoms in total. The number of benzene rings is 1. The number of halogens is 1. The fourth-order valence-corrected chi connectivity index (χ4v) is 2.40. The maximum absolute atomic E-state index is 12.3. The van der Waals surface area contributed by atoms with Gasteiger partial charge in [0.05, 0.1) is 11.6 Å². The van der Waals surface area contributed by atoms with Crippen molar-refractivity contribution in [1.82, 2.24) is 14.9 Å². The van der Waals surface area contributed by atoms with Gasteiger partial charge in [0.2, 0.25) is 5.16 Å².